The van der Waals surface area contributed by atoms with Gasteiger partial charge in [-0.2, -0.15) is 0 Å². The standard InChI is InChI=1S/C22H22N2O5/c1-14(15-6-7-18-19(13-15)29-11-3-10-28-18)23-22(27)16-4-2-5-17(12-16)24-20(25)8-9-21(24)26/h2,4-7,12-14H,3,8-11H2,1H3,(H,23,27). The van der Waals surface area contributed by atoms with Gasteiger partial charge in [0.2, 0.25) is 11.8 Å². The summed E-state index contributed by atoms with van der Waals surface area (Å²) in [7, 11) is 0. The zero-order valence-corrected chi connectivity index (χ0v) is 16.1. The zero-order valence-electron chi connectivity index (χ0n) is 16.1. The summed E-state index contributed by atoms with van der Waals surface area (Å²) in [5, 5.41) is 2.95. The maximum Gasteiger partial charge on any atom is 0.251 e. The van der Waals surface area contributed by atoms with Crippen molar-refractivity contribution in [1.29, 1.82) is 0 Å². The molecule has 29 heavy (non-hydrogen) atoms. The Labute approximate surface area is 168 Å². The molecule has 0 aromatic heterocycles. The molecule has 1 unspecified atom stereocenters. The van der Waals surface area contributed by atoms with Gasteiger partial charge < -0.3 is 14.8 Å². The molecule has 1 saturated heterocycles. The highest BCUT2D eigenvalue weighted by Crippen LogP contribution is 2.32. The summed E-state index contributed by atoms with van der Waals surface area (Å²) in [5.41, 5.74) is 1.70. The minimum Gasteiger partial charge on any atom is -0.490 e. The molecule has 7 nitrogen and oxygen atoms in total. The van der Waals surface area contributed by atoms with Crippen LogP contribution in [-0.2, 0) is 9.59 Å². The molecule has 2 aliphatic rings. The average Bonchev–Trinajstić information content (AvgIpc) is 2.92. The second-order valence-corrected chi connectivity index (χ2v) is 7.13. The number of nitrogens with zero attached hydrogens (tertiary/aromatic N) is 1. The summed E-state index contributed by atoms with van der Waals surface area (Å²) < 4.78 is 11.4. The van der Waals surface area contributed by atoms with E-state index in [0.29, 0.717) is 36.0 Å². The fraction of sp³-hybridized carbons (Fsp3) is 0.318. The van der Waals surface area contributed by atoms with E-state index in [1.165, 1.54) is 0 Å². The molecule has 2 aliphatic heterocycles. The first-order valence-electron chi connectivity index (χ1n) is 9.69. The lowest BCUT2D eigenvalue weighted by Gasteiger charge is -2.18. The van der Waals surface area contributed by atoms with Crippen molar-refractivity contribution in [2.24, 2.45) is 0 Å². The van der Waals surface area contributed by atoms with Gasteiger partial charge in [-0.25, -0.2) is 0 Å². The number of anilines is 1. The second-order valence-electron chi connectivity index (χ2n) is 7.13. The second kappa shape index (κ2) is 7.95. The van der Waals surface area contributed by atoms with Crippen LogP contribution in [0, 0.1) is 0 Å². The molecule has 2 heterocycles. The molecule has 3 amide bonds. The quantitative estimate of drug-likeness (QED) is 0.806. The molecular weight excluding hydrogens is 372 g/mol. The van der Waals surface area contributed by atoms with Crippen molar-refractivity contribution in [3.05, 3.63) is 53.6 Å². The van der Waals surface area contributed by atoms with Gasteiger partial charge in [-0.15, -0.1) is 0 Å². The van der Waals surface area contributed by atoms with Crippen molar-refractivity contribution in [2.45, 2.75) is 32.2 Å². The van der Waals surface area contributed by atoms with Crippen LogP contribution >= 0.6 is 0 Å². The number of ether oxygens (including phenoxy) is 2. The summed E-state index contributed by atoms with van der Waals surface area (Å²) in [6, 6.07) is 11.9. The Balaban J connectivity index is 1.49. The monoisotopic (exact) mass is 394 g/mol. The Kier molecular flexibility index (Phi) is 5.20. The van der Waals surface area contributed by atoms with Crippen molar-refractivity contribution in [3.63, 3.8) is 0 Å². The number of carbonyl (C=O) groups is 3. The Morgan fingerprint density at radius 1 is 1.00 bits per heavy atom. The lowest BCUT2D eigenvalue weighted by molar-refractivity contribution is -0.121. The van der Waals surface area contributed by atoms with Gasteiger partial charge in [0.25, 0.3) is 5.91 Å². The smallest absolute Gasteiger partial charge is 0.251 e. The van der Waals surface area contributed by atoms with Crippen LogP contribution < -0.4 is 19.7 Å². The molecule has 150 valence electrons. The lowest BCUT2D eigenvalue weighted by atomic mass is 10.1. The summed E-state index contributed by atoms with van der Waals surface area (Å²) in [6.45, 7) is 3.10. The first-order chi connectivity index (χ1) is 14.0. The van der Waals surface area contributed by atoms with Gasteiger partial charge >= 0.3 is 0 Å². The van der Waals surface area contributed by atoms with E-state index in [-0.39, 0.29) is 36.6 Å². The predicted molar refractivity (Wildman–Crippen MR) is 106 cm³/mol. The fourth-order valence-electron chi connectivity index (χ4n) is 3.46. The first-order valence-corrected chi connectivity index (χ1v) is 9.69. The first kappa shape index (κ1) is 19.0. The Bertz CT molecular complexity index is 955. The molecule has 2 aromatic carbocycles. The van der Waals surface area contributed by atoms with Gasteiger partial charge in [0.15, 0.2) is 11.5 Å². The maximum absolute atomic E-state index is 12.7. The van der Waals surface area contributed by atoms with Crippen LogP contribution in [-0.4, -0.2) is 30.9 Å². The van der Waals surface area contributed by atoms with Crippen molar-refractivity contribution in [1.82, 2.24) is 5.32 Å². The predicted octanol–water partition coefficient (Wildman–Crippen LogP) is 2.99. The molecular formula is C22H22N2O5. The molecule has 1 N–H and O–H groups in total. The van der Waals surface area contributed by atoms with Crippen molar-refractivity contribution >= 4 is 23.4 Å². The van der Waals surface area contributed by atoms with E-state index in [0.717, 1.165) is 16.9 Å². The summed E-state index contributed by atoms with van der Waals surface area (Å²) >= 11 is 0. The Hall–Kier alpha value is -3.35. The number of fused-ring (bicyclic) bond motifs is 1. The number of amides is 3. The molecule has 1 atom stereocenters. The Morgan fingerprint density at radius 3 is 2.48 bits per heavy atom. The highest BCUT2D eigenvalue weighted by atomic mass is 16.5. The molecule has 7 heteroatoms. The van der Waals surface area contributed by atoms with Crippen molar-refractivity contribution in [2.75, 3.05) is 18.1 Å². The third-order valence-electron chi connectivity index (χ3n) is 5.04. The number of carbonyl (C=O) groups excluding carboxylic acids is 3. The molecule has 2 aromatic rings. The molecule has 0 radical (unpaired) electrons. The zero-order chi connectivity index (χ0) is 20.4. The van der Waals surface area contributed by atoms with Crippen LogP contribution in [0.25, 0.3) is 0 Å². The van der Waals surface area contributed by atoms with Crippen molar-refractivity contribution < 1.29 is 23.9 Å². The van der Waals surface area contributed by atoms with Crippen LogP contribution in [0.3, 0.4) is 0 Å². The Morgan fingerprint density at radius 2 is 1.72 bits per heavy atom. The molecule has 1 fully saturated rings. The third-order valence-corrected chi connectivity index (χ3v) is 5.04. The number of benzene rings is 2. The van der Waals surface area contributed by atoms with Gasteiger partial charge in [-0.3, -0.25) is 19.3 Å². The van der Waals surface area contributed by atoms with E-state index in [4.69, 9.17) is 9.47 Å². The van der Waals surface area contributed by atoms with E-state index in [1.54, 1.807) is 24.3 Å². The largest absolute Gasteiger partial charge is 0.490 e. The lowest BCUT2D eigenvalue weighted by Crippen LogP contribution is -2.30. The number of hydrogen-bond acceptors (Lipinski definition) is 5. The highest BCUT2D eigenvalue weighted by Gasteiger charge is 2.30. The minimum atomic E-state index is -0.287. The molecule has 0 spiro atoms. The number of imide groups is 1. The number of nitrogens with one attached hydrogen (secondary N) is 1. The van der Waals surface area contributed by atoms with E-state index in [2.05, 4.69) is 5.32 Å². The van der Waals surface area contributed by atoms with Crippen LogP contribution in [0.4, 0.5) is 5.69 Å². The molecule has 0 aliphatic carbocycles. The van der Waals surface area contributed by atoms with E-state index in [9.17, 15) is 14.4 Å². The van der Waals surface area contributed by atoms with E-state index >= 15 is 0 Å². The maximum atomic E-state index is 12.7. The van der Waals surface area contributed by atoms with Gasteiger partial charge in [0.1, 0.15) is 0 Å². The number of hydrogen-bond donors (Lipinski definition) is 1. The van der Waals surface area contributed by atoms with Crippen LogP contribution in [0.15, 0.2) is 42.5 Å². The minimum absolute atomic E-state index is 0.205. The van der Waals surface area contributed by atoms with E-state index < -0.39 is 0 Å². The molecule has 4 rings (SSSR count). The van der Waals surface area contributed by atoms with Crippen LogP contribution in [0.5, 0.6) is 11.5 Å². The molecule has 0 bridgehead atoms. The normalized spacial score (nSPS) is 17.1. The highest BCUT2D eigenvalue weighted by molar-refractivity contribution is 6.20. The topological polar surface area (TPSA) is 84.9 Å². The fourth-order valence-corrected chi connectivity index (χ4v) is 3.46. The van der Waals surface area contributed by atoms with E-state index in [1.807, 2.05) is 25.1 Å². The number of rotatable bonds is 4. The average molecular weight is 394 g/mol. The summed E-state index contributed by atoms with van der Waals surface area (Å²) in [6.07, 6.45) is 1.24. The third kappa shape index (κ3) is 3.94. The SMILES string of the molecule is CC(NC(=O)c1cccc(N2C(=O)CCC2=O)c1)c1ccc2c(c1)OCCCO2. The van der Waals surface area contributed by atoms with Crippen molar-refractivity contribution in [3.8, 4) is 11.5 Å². The van der Waals surface area contributed by atoms with Gasteiger partial charge in [-0.05, 0) is 42.8 Å². The summed E-state index contributed by atoms with van der Waals surface area (Å²) in [4.78, 5) is 37.8. The van der Waals surface area contributed by atoms with Gasteiger partial charge in [0, 0.05) is 24.8 Å². The van der Waals surface area contributed by atoms with Crippen LogP contribution in [0.2, 0.25) is 0 Å². The van der Waals surface area contributed by atoms with Gasteiger partial charge in [0.05, 0.1) is 24.9 Å². The molecule has 0 saturated carbocycles. The van der Waals surface area contributed by atoms with Gasteiger partial charge in [-0.1, -0.05) is 12.1 Å². The summed E-state index contributed by atoms with van der Waals surface area (Å²) in [5.74, 6) is 0.610. The van der Waals surface area contributed by atoms with Crippen LogP contribution in [0.1, 0.15) is 48.1 Å².